The average Bonchev–Trinajstić information content (AvgIpc) is 3.25. The monoisotopic (exact) mass is 353 g/mol. The fourth-order valence-corrected chi connectivity index (χ4v) is 2.76. The molecule has 0 bridgehead atoms. The Morgan fingerprint density at radius 2 is 2.25 bits per heavy atom. The lowest BCUT2D eigenvalue weighted by molar-refractivity contribution is 0.0998. The SMILES string of the molecule is COc1cccc(COCc2noc(CCC3CCNC3)n2)c1.Cl. The molecule has 1 aromatic carbocycles. The Balaban J connectivity index is 0.00000208. The number of benzene rings is 1. The van der Waals surface area contributed by atoms with E-state index in [4.69, 9.17) is 14.0 Å². The summed E-state index contributed by atoms with van der Waals surface area (Å²) in [5.41, 5.74) is 1.06. The minimum Gasteiger partial charge on any atom is -0.497 e. The van der Waals surface area contributed by atoms with Crippen LogP contribution in [0.25, 0.3) is 0 Å². The van der Waals surface area contributed by atoms with Gasteiger partial charge < -0.3 is 19.3 Å². The fraction of sp³-hybridized carbons (Fsp3) is 0.529. The Morgan fingerprint density at radius 3 is 3.04 bits per heavy atom. The maximum Gasteiger partial charge on any atom is 0.226 e. The number of methoxy groups -OCH3 is 1. The largest absolute Gasteiger partial charge is 0.497 e. The van der Waals surface area contributed by atoms with Crippen LogP contribution in [0.3, 0.4) is 0 Å². The van der Waals surface area contributed by atoms with Crippen molar-refractivity contribution in [2.75, 3.05) is 20.2 Å². The highest BCUT2D eigenvalue weighted by Crippen LogP contribution is 2.16. The minimum absolute atomic E-state index is 0. The van der Waals surface area contributed by atoms with Gasteiger partial charge in [0.25, 0.3) is 0 Å². The first-order valence-electron chi connectivity index (χ1n) is 8.06. The predicted octanol–water partition coefficient (Wildman–Crippen LogP) is 2.76. The lowest BCUT2D eigenvalue weighted by Crippen LogP contribution is -2.09. The molecule has 0 radical (unpaired) electrons. The van der Waals surface area contributed by atoms with Crippen LogP contribution in [0.2, 0.25) is 0 Å². The molecule has 0 amide bonds. The van der Waals surface area contributed by atoms with Crippen molar-refractivity contribution in [2.45, 2.75) is 32.5 Å². The van der Waals surface area contributed by atoms with Gasteiger partial charge in [-0.3, -0.25) is 0 Å². The first-order valence-corrected chi connectivity index (χ1v) is 8.06. The highest BCUT2D eigenvalue weighted by molar-refractivity contribution is 5.85. The molecule has 1 unspecified atom stereocenters. The zero-order chi connectivity index (χ0) is 15.9. The van der Waals surface area contributed by atoms with Crippen molar-refractivity contribution in [3.8, 4) is 5.75 Å². The van der Waals surface area contributed by atoms with E-state index in [1.165, 1.54) is 6.42 Å². The smallest absolute Gasteiger partial charge is 0.226 e. The normalized spacial score (nSPS) is 16.8. The molecule has 0 saturated carbocycles. The van der Waals surface area contributed by atoms with Crippen LogP contribution in [0.4, 0.5) is 0 Å². The average molecular weight is 354 g/mol. The summed E-state index contributed by atoms with van der Waals surface area (Å²) in [5.74, 6) is 2.87. The summed E-state index contributed by atoms with van der Waals surface area (Å²) >= 11 is 0. The van der Waals surface area contributed by atoms with E-state index in [-0.39, 0.29) is 12.4 Å². The number of rotatable bonds is 8. The van der Waals surface area contributed by atoms with E-state index in [0.29, 0.717) is 24.9 Å². The Kier molecular flexibility index (Phi) is 7.49. The third-order valence-electron chi connectivity index (χ3n) is 4.07. The van der Waals surface area contributed by atoms with Gasteiger partial charge in [-0.25, -0.2) is 0 Å². The van der Waals surface area contributed by atoms with Gasteiger partial charge in [-0.05, 0) is 49.5 Å². The Bertz CT molecular complexity index is 615. The molecule has 3 rings (SSSR count). The van der Waals surface area contributed by atoms with Gasteiger partial charge >= 0.3 is 0 Å². The summed E-state index contributed by atoms with van der Waals surface area (Å²) in [6, 6.07) is 7.81. The van der Waals surface area contributed by atoms with Crippen molar-refractivity contribution in [2.24, 2.45) is 5.92 Å². The highest BCUT2D eigenvalue weighted by Gasteiger charge is 2.16. The zero-order valence-electron chi connectivity index (χ0n) is 13.9. The molecule has 6 nitrogen and oxygen atoms in total. The second kappa shape index (κ2) is 9.61. The molecule has 24 heavy (non-hydrogen) atoms. The molecule has 2 aromatic rings. The van der Waals surface area contributed by atoms with Gasteiger partial charge in [0.1, 0.15) is 12.4 Å². The molecule has 1 atom stereocenters. The number of hydrogen-bond donors (Lipinski definition) is 1. The number of halogens is 1. The van der Waals surface area contributed by atoms with Crippen LogP contribution in [-0.4, -0.2) is 30.3 Å². The van der Waals surface area contributed by atoms with E-state index < -0.39 is 0 Å². The lowest BCUT2D eigenvalue weighted by Gasteiger charge is -2.04. The van der Waals surface area contributed by atoms with Gasteiger partial charge in [0.15, 0.2) is 5.82 Å². The van der Waals surface area contributed by atoms with E-state index in [0.717, 1.165) is 43.2 Å². The maximum absolute atomic E-state index is 5.65. The molecule has 1 fully saturated rings. The van der Waals surface area contributed by atoms with Gasteiger partial charge in [0.05, 0.1) is 13.7 Å². The quantitative estimate of drug-likeness (QED) is 0.787. The molecule has 1 aromatic heterocycles. The van der Waals surface area contributed by atoms with E-state index in [9.17, 15) is 0 Å². The van der Waals surface area contributed by atoms with Crippen molar-refractivity contribution in [1.82, 2.24) is 15.5 Å². The fourth-order valence-electron chi connectivity index (χ4n) is 2.76. The van der Waals surface area contributed by atoms with E-state index in [2.05, 4.69) is 15.5 Å². The van der Waals surface area contributed by atoms with Crippen LogP contribution in [0.15, 0.2) is 28.8 Å². The maximum atomic E-state index is 5.65. The molecule has 0 spiro atoms. The third kappa shape index (κ3) is 5.47. The Hall–Kier alpha value is -1.63. The Labute approximate surface area is 148 Å². The van der Waals surface area contributed by atoms with Gasteiger partial charge in [0.2, 0.25) is 5.89 Å². The number of nitrogens with one attached hydrogen (secondary N) is 1. The van der Waals surface area contributed by atoms with Crippen molar-refractivity contribution in [3.05, 3.63) is 41.5 Å². The van der Waals surface area contributed by atoms with Gasteiger partial charge in [0, 0.05) is 6.42 Å². The summed E-state index contributed by atoms with van der Waals surface area (Å²) in [6.45, 7) is 3.07. The van der Waals surface area contributed by atoms with Crippen molar-refractivity contribution >= 4 is 12.4 Å². The van der Waals surface area contributed by atoms with Crippen molar-refractivity contribution in [3.63, 3.8) is 0 Å². The lowest BCUT2D eigenvalue weighted by atomic mass is 10.0. The molecular weight excluding hydrogens is 330 g/mol. The van der Waals surface area contributed by atoms with E-state index in [1.807, 2.05) is 24.3 Å². The van der Waals surface area contributed by atoms with Crippen LogP contribution in [0, 0.1) is 5.92 Å². The molecule has 132 valence electrons. The summed E-state index contributed by atoms with van der Waals surface area (Å²) in [4.78, 5) is 4.39. The van der Waals surface area contributed by atoms with Crippen LogP contribution >= 0.6 is 12.4 Å². The molecule has 2 heterocycles. The molecule has 1 aliphatic heterocycles. The molecule has 1 aliphatic rings. The minimum atomic E-state index is 0. The highest BCUT2D eigenvalue weighted by atomic mass is 35.5. The molecule has 7 heteroatoms. The first-order chi connectivity index (χ1) is 11.3. The number of aromatic nitrogens is 2. The molecule has 1 N–H and O–H groups in total. The number of nitrogens with zero attached hydrogens (tertiary/aromatic N) is 2. The van der Waals surface area contributed by atoms with Crippen LogP contribution in [0.5, 0.6) is 5.75 Å². The second-order valence-corrected chi connectivity index (χ2v) is 5.85. The van der Waals surface area contributed by atoms with Gasteiger partial charge in [-0.1, -0.05) is 17.3 Å². The summed E-state index contributed by atoms with van der Waals surface area (Å²) in [6.07, 6.45) is 3.18. The third-order valence-corrected chi connectivity index (χ3v) is 4.07. The second-order valence-electron chi connectivity index (χ2n) is 5.85. The molecule has 1 saturated heterocycles. The van der Waals surface area contributed by atoms with Crippen molar-refractivity contribution < 1.29 is 14.0 Å². The molecular formula is C17H24ClN3O3. The number of hydrogen-bond acceptors (Lipinski definition) is 6. The van der Waals surface area contributed by atoms with E-state index in [1.54, 1.807) is 7.11 Å². The van der Waals surface area contributed by atoms with E-state index >= 15 is 0 Å². The summed E-state index contributed by atoms with van der Waals surface area (Å²) in [7, 11) is 1.66. The zero-order valence-corrected chi connectivity index (χ0v) is 14.7. The topological polar surface area (TPSA) is 69.4 Å². The number of ether oxygens (including phenoxy) is 2. The summed E-state index contributed by atoms with van der Waals surface area (Å²) in [5, 5.41) is 7.34. The van der Waals surface area contributed by atoms with Crippen LogP contribution in [0.1, 0.15) is 30.1 Å². The van der Waals surface area contributed by atoms with Crippen LogP contribution < -0.4 is 10.1 Å². The summed E-state index contributed by atoms with van der Waals surface area (Å²) < 4.78 is 16.1. The van der Waals surface area contributed by atoms with Gasteiger partial charge in [-0.2, -0.15) is 4.98 Å². The molecule has 0 aliphatic carbocycles. The number of aryl methyl sites for hydroxylation is 1. The van der Waals surface area contributed by atoms with Gasteiger partial charge in [-0.15, -0.1) is 12.4 Å². The van der Waals surface area contributed by atoms with Crippen LogP contribution in [-0.2, 0) is 24.4 Å². The Morgan fingerprint density at radius 1 is 1.33 bits per heavy atom. The predicted molar refractivity (Wildman–Crippen MR) is 92.3 cm³/mol. The standard InChI is InChI=1S/C17H23N3O3.ClH/c1-21-15-4-2-3-14(9-15)11-22-12-16-19-17(23-20-16)6-5-13-7-8-18-10-13;/h2-4,9,13,18H,5-8,10-12H2,1H3;1H. The van der Waals surface area contributed by atoms with Crippen molar-refractivity contribution in [1.29, 1.82) is 0 Å². The first kappa shape index (κ1) is 18.7.